The highest BCUT2D eigenvalue weighted by Crippen LogP contribution is 2.18. The van der Waals surface area contributed by atoms with Gasteiger partial charge in [0, 0.05) is 5.39 Å². The topological polar surface area (TPSA) is 13.1 Å². The second-order valence-corrected chi connectivity index (χ2v) is 3.11. The lowest BCUT2D eigenvalue weighted by Crippen LogP contribution is -1.69. The highest BCUT2D eigenvalue weighted by Gasteiger charge is 1.96. The van der Waals surface area contributed by atoms with Crippen LogP contribution in [0.5, 0.6) is 0 Å². The number of fused-ring (bicyclic) bond motifs is 1. The fourth-order valence-electron chi connectivity index (χ4n) is 1.15. The lowest BCUT2D eigenvalue weighted by atomic mass is 10.1. The Hall–Kier alpha value is -1.24. The van der Waals surface area contributed by atoms with Gasteiger partial charge in [-0.3, -0.25) is 0 Å². The van der Waals surface area contributed by atoms with Crippen LogP contribution in [-0.2, 0) is 0 Å². The maximum Gasteiger partial charge on any atom is 0.134 e. The second-order valence-electron chi connectivity index (χ2n) is 3.11. The van der Waals surface area contributed by atoms with Gasteiger partial charge in [0.25, 0.3) is 0 Å². The first-order chi connectivity index (χ1) is 6.29. The third-order valence-corrected chi connectivity index (χ3v) is 1.71. The minimum atomic E-state index is 0.972. The van der Waals surface area contributed by atoms with Crippen LogP contribution in [0.1, 0.15) is 25.8 Å². The molecule has 2 rings (SSSR count). The summed E-state index contributed by atoms with van der Waals surface area (Å²) in [5.41, 5.74) is 2.24. The third kappa shape index (κ3) is 2.35. The number of hydrogen-bond acceptors (Lipinski definition) is 1. The van der Waals surface area contributed by atoms with E-state index in [1.165, 1.54) is 17.4 Å². The number of furan rings is 1. The molecule has 0 unspecified atom stereocenters. The first kappa shape index (κ1) is 9.85. The highest BCUT2D eigenvalue weighted by atomic mass is 16.3. The lowest BCUT2D eigenvalue weighted by Gasteiger charge is -1.90. The number of hydrogen-bond donors (Lipinski definition) is 0. The lowest BCUT2D eigenvalue weighted by molar-refractivity contribution is 0.616. The Morgan fingerprint density at radius 1 is 1.15 bits per heavy atom. The van der Waals surface area contributed by atoms with Crippen LogP contribution in [0.4, 0.5) is 0 Å². The average Bonchev–Trinajstić information content (AvgIpc) is 2.54. The normalized spacial score (nSPS) is 9.46. The molecule has 0 saturated heterocycles. The predicted octanol–water partition coefficient (Wildman–Crippen LogP) is 4.16. The Kier molecular flexibility index (Phi) is 3.56. The summed E-state index contributed by atoms with van der Waals surface area (Å²) >= 11 is 0. The average molecular weight is 176 g/mol. The maximum atomic E-state index is 5.20. The molecule has 1 aromatic carbocycles. The van der Waals surface area contributed by atoms with E-state index >= 15 is 0 Å². The summed E-state index contributed by atoms with van der Waals surface area (Å²) in [7, 11) is 0. The minimum absolute atomic E-state index is 0.972. The maximum absolute atomic E-state index is 5.20. The molecule has 0 atom stereocenters. The van der Waals surface area contributed by atoms with Gasteiger partial charge in [0.2, 0.25) is 0 Å². The first-order valence-electron chi connectivity index (χ1n) is 4.72. The summed E-state index contributed by atoms with van der Waals surface area (Å²) in [6.45, 7) is 6.33. The Labute approximate surface area is 79.4 Å². The molecular weight excluding hydrogens is 160 g/mol. The van der Waals surface area contributed by atoms with Crippen LogP contribution >= 0.6 is 0 Å². The molecular formula is C12H16O. The van der Waals surface area contributed by atoms with Crippen molar-refractivity contribution in [2.24, 2.45) is 0 Å². The van der Waals surface area contributed by atoms with E-state index in [2.05, 4.69) is 26.8 Å². The zero-order valence-corrected chi connectivity index (χ0v) is 8.50. The van der Waals surface area contributed by atoms with Crippen LogP contribution in [0.15, 0.2) is 34.9 Å². The van der Waals surface area contributed by atoms with Gasteiger partial charge >= 0.3 is 0 Å². The van der Waals surface area contributed by atoms with Crippen molar-refractivity contribution >= 4 is 11.0 Å². The first-order valence-corrected chi connectivity index (χ1v) is 4.72. The SMILES string of the molecule is CCC.Cc1cccc2occc12. The van der Waals surface area contributed by atoms with E-state index < -0.39 is 0 Å². The van der Waals surface area contributed by atoms with Crippen molar-refractivity contribution in [1.82, 2.24) is 0 Å². The van der Waals surface area contributed by atoms with Gasteiger partial charge in [0.15, 0.2) is 0 Å². The van der Waals surface area contributed by atoms with Crippen molar-refractivity contribution in [3.8, 4) is 0 Å². The van der Waals surface area contributed by atoms with E-state index in [0.717, 1.165) is 5.58 Å². The molecule has 0 fully saturated rings. The van der Waals surface area contributed by atoms with E-state index in [9.17, 15) is 0 Å². The highest BCUT2D eigenvalue weighted by molar-refractivity contribution is 5.80. The molecule has 1 heteroatoms. The van der Waals surface area contributed by atoms with Gasteiger partial charge in [-0.2, -0.15) is 0 Å². The molecule has 0 aliphatic rings. The van der Waals surface area contributed by atoms with Gasteiger partial charge in [-0.25, -0.2) is 0 Å². The van der Waals surface area contributed by atoms with Gasteiger partial charge in [-0.15, -0.1) is 0 Å². The number of aryl methyl sites for hydroxylation is 1. The molecule has 0 aliphatic heterocycles. The van der Waals surface area contributed by atoms with Crippen LogP contribution in [0.3, 0.4) is 0 Å². The molecule has 2 aromatic rings. The van der Waals surface area contributed by atoms with Gasteiger partial charge < -0.3 is 4.42 Å². The summed E-state index contributed by atoms with van der Waals surface area (Å²) in [5.74, 6) is 0. The summed E-state index contributed by atoms with van der Waals surface area (Å²) in [6, 6.07) is 8.05. The van der Waals surface area contributed by atoms with Gasteiger partial charge in [0.1, 0.15) is 5.58 Å². The van der Waals surface area contributed by atoms with Crippen LogP contribution in [-0.4, -0.2) is 0 Å². The molecule has 0 aliphatic carbocycles. The van der Waals surface area contributed by atoms with Crippen LogP contribution in [0, 0.1) is 6.92 Å². The summed E-state index contributed by atoms with van der Waals surface area (Å²) in [5, 5.41) is 1.21. The molecule has 1 aromatic heterocycles. The minimum Gasteiger partial charge on any atom is -0.464 e. The summed E-state index contributed by atoms with van der Waals surface area (Å²) in [4.78, 5) is 0. The van der Waals surface area contributed by atoms with Crippen molar-refractivity contribution in [3.63, 3.8) is 0 Å². The molecule has 0 bridgehead atoms. The monoisotopic (exact) mass is 176 g/mol. The Balaban J connectivity index is 0.000000251. The molecule has 1 nitrogen and oxygen atoms in total. The largest absolute Gasteiger partial charge is 0.464 e. The predicted molar refractivity (Wildman–Crippen MR) is 56.9 cm³/mol. The van der Waals surface area contributed by atoms with E-state index in [-0.39, 0.29) is 0 Å². The van der Waals surface area contributed by atoms with E-state index in [1.807, 2.05) is 18.2 Å². The standard InChI is InChI=1S/C9H8O.C3H8/c1-7-3-2-4-9-8(7)5-6-10-9;1-3-2/h2-6H,1H3;3H2,1-2H3. The molecule has 0 radical (unpaired) electrons. The molecule has 13 heavy (non-hydrogen) atoms. The molecule has 0 spiro atoms. The van der Waals surface area contributed by atoms with Gasteiger partial charge in [0.05, 0.1) is 6.26 Å². The van der Waals surface area contributed by atoms with Crippen LogP contribution in [0.2, 0.25) is 0 Å². The van der Waals surface area contributed by atoms with Crippen molar-refractivity contribution in [2.45, 2.75) is 27.2 Å². The summed E-state index contributed by atoms with van der Waals surface area (Å²) in [6.07, 6.45) is 2.97. The zero-order valence-electron chi connectivity index (χ0n) is 8.50. The van der Waals surface area contributed by atoms with E-state index in [0.29, 0.717) is 0 Å². The van der Waals surface area contributed by atoms with E-state index in [4.69, 9.17) is 4.42 Å². The Bertz CT molecular complexity index is 360. The number of rotatable bonds is 0. The number of benzene rings is 1. The van der Waals surface area contributed by atoms with Crippen LogP contribution in [0.25, 0.3) is 11.0 Å². The van der Waals surface area contributed by atoms with E-state index in [1.54, 1.807) is 6.26 Å². The third-order valence-electron chi connectivity index (χ3n) is 1.71. The van der Waals surface area contributed by atoms with Crippen molar-refractivity contribution in [1.29, 1.82) is 0 Å². The fraction of sp³-hybridized carbons (Fsp3) is 0.333. The quantitative estimate of drug-likeness (QED) is 0.587. The molecule has 0 amide bonds. The zero-order chi connectivity index (χ0) is 9.68. The Morgan fingerprint density at radius 3 is 2.46 bits per heavy atom. The fourth-order valence-corrected chi connectivity index (χ4v) is 1.15. The molecule has 70 valence electrons. The molecule has 0 N–H and O–H groups in total. The second kappa shape index (κ2) is 4.70. The van der Waals surface area contributed by atoms with Gasteiger partial charge in [-0.1, -0.05) is 32.4 Å². The van der Waals surface area contributed by atoms with Crippen molar-refractivity contribution < 1.29 is 4.42 Å². The summed E-state index contributed by atoms with van der Waals surface area (Å²) < 4.78 is 5.20. The molecule has 0 saturated carbocycles. The smallest absolute Gasteiger partial charge is 0.134 e. The van der Waals surface area contributed by atoms with Crippen molar-refractivity contribution in [3.05, 3.63) is 36.1 Å². The van der Waals surface area contributed by atoms with Crippen LogP contribution < -0.4 is 0 Å². The molecule has 1 heterocycles. The van der Waals surface area contributed by atoms with Crippen molar-refractivity contribution in [2.75, 3.05) is 0 Å². The Morgan fingerprint density at radius 2 is 1.85 bits per heavy atom. The van der Waals surface area contributed by atoms with Gasteiger partial charge in [-0.05, 0) is 24.6 Å².